The zero-order valence-electron chi connectivity index (χ0n) is 10.3. The number of nitrogens with two attached hydrogens (primary N) is 1. The van der Waals surface area contributed by atoms with Gasteiger partial charge < -0.3 is 10.3 Å². The molecule has 2 heterocycles. The number of halogens is 2. The highest BCUT2D eigenvalue weighted by Crippen LogP contribution is 2.29. The molecule has 0 radical (unpaired) electrons. The van der Waals surface area contributed by atoms with Gasteiger partial charge in [-0.25, -0.2) is 4.98 Å². The van der Waals surface area contributed by atoms with Crippen LogP contribution in [0.3, 0.4) is 0 Å². The fourth-order valence-corrected chi connectivity index (χ4v) is 2.88. The van der Waals surface area contributed by atoms with E-state index in [1.807, 2.05) is 24.5 Å². The van der Waals surface area contributed by atoms with Crippen LogP contribution in [-0.2, 0) is 19.6 Å². The van der Waals surface area contributed by atoms with E-state index in [2.05, 4.69) is 14.5 Å². The molecule has 4 nitrogen and oxygen atoms in total. The summed E-state index contributed by atoms with van der Waals surface area (Å²) < 4.78 is 2.18. The highest BCUT2D eigenvalue weighted by atomic mass is 35.5. The molecule has 0 saturated heterocycles. The van der Waals surface area contributed by atoms with Gasteiger partial charge in [0.2, 0.25) is 0 Å². The molecule has 0 saturated carbocycles. The number of anilines is 1. The summed E-state index contributed by atoms with van der Waals surface area (Å²) in [7, 11) is 0. The summed E-state index contributed by atoms with van der Waals surface area (Å²) in [4.78, 5) is 6.67. The molecule has 2 aromatic rings. The highest BCUT2D eigenvalue weighted by Gasteiger charge is 2.17. The highest BCUT2D eigenvalue weighted by molar-refractivity contribution is 6.38. The third kappa shape index (κ3) is 2.56. The van der Waals surface area contributed by atoms with Crippen molar-refractivity contribution in [3.63, 3.8) is 0 Å². The maximum atomic E-state index is 6.06. The Labute approximate surface area is 121 Å². The van der Waals surface area contributed by atoms with E-state index in [0.717, 1.165) is 37.6 Å². The van der Waals surface area contributed by atoms with E-state index < -0.39 is 0 Å². The van der Waals surface area contributed by atoms with E-state index in [1.54, 1.807) is 0 Å². The fraction of sp³-hybridized carbons (Fsp3) is 0.308. The molecule has 3 rings (SSSR count). The molecule has 0 bridgehead atoms. The van der Waals surface area contributed by atoms with Crippen molar-refractivity contribution >= 4 is 28.9 Å². The number of imidazole rings is 1. The number of fused-ring (bicyclic) bond motifs is 1. The first-order valence-corrected chi connectivity index (χ1v) is 6.85. The number of rotatable bonds is 2. The van der Waals surface area contributed by atoms with Gasteiger partial charge in [0, 0.05) is 32.0 Å². The average molecular weight is 297 g/mol. The molecule has 19 heavy (non-hydrogen) atoms. The van der Waals surface area contributed by atoms with Gasteiger partial charge >= 0.3 is 0 Å². The van der Waals surface area contributed by atoms with Crippen LogP contribution >= 0.6 is 23.2 Å². The van der Waals surface area contributed by atoms with Crippen molar-refractivity contribution in [2.75, 3.05) is 12.3 Å². The normalized spacial score (nSPS) is 15.5. The van der Waals surface area contributed by atoms with Crippen LogP contribution in [0.1, 0.15) is 11.4 Å². The lowest BCUT2D eigenvalue weighted by Gasteiger charge is -2.27. The molecule has 0 spiro atoms. The summed E-state index contributed by atoms with van der Waals surface area (Å²) in [5, 5.41) is 1.03. The second-order valence-corrected chi connectivity index (χ2v) is 5.54. The van der Waals surface area contributed by atoms with Crippen molar-refractivity contribution in [2.24, 2.45) is 0 Å². The zero-order chi connectivity index (χ0) is 13.4. The molecule has 0 amide bonds. The van der Waals surface area contributed by atoms with Gasteiger partial charge in [-0.2, -0.15) is 0 Å². The minimum Gasteiger partial charge on any atom is -0.396 e. The lowest BCUT2D eigenvalue weighted by molar-refractivity contribution is 0.209. The maximum absolute atomic E-state index is 6.06. The lowest BCUT2D eigenvalue weighted by atomic mass is 10.2. The van der Waals surface area contributed by atoms with Crippen molar-refractivity contribution in [3.8, 4) is 0 Å². The Bertz CT molecular complexity index is 585. The van der Waals surface area contributed by atoms with E-state index in [-0.39, 0.29) is 0 Å². The van der Waals surface area contributed by atoms with Crippen molar-refractivity contribution in [1.29, 1.82) is 0 Å². The van der Waals surface area contributed by atoms with Gasteiger partial charge in [0.25, 0.3) is 0 Å². The summed E-state index contributed by atoms with van der Waals surface area (Å²) in [6, 6.07) is 3.76. The number of nitrogen functional groups attached to an aromatic ring is 1. The van der Waals surface area contributed by atoms with Crippen LogP contribution in [0, 0.1) is 0 Å². The van der Waals surface area contributed by atoms with Crippen molar-refractivity contribution < 1.29 is 0 Å². The Morgan fingerprint density at radius 1 is 1.21 bits per heavy atom. The van der Waals surface area contributed by atoms with Crippen LogP contribution in [0.2, 0.25) is 10.0 Å². The second kappa shape index (κ2) is 5.04. The molecular weight excluding hydrogens is 283 g/mol. The predicted octanol–water partition coefficient (Wildman–Crippen LogP) is 2.79. The number of nitrogens with zero attached hydrogens (tertiary/aromatic N) is 3. The third-order valence-corrected chi connectivity index (χ3v) is 3.99. The zero-order valence-corrected chi connectivity index (χ0v) is 11.8. The van der Waals surface area contributed by atoms with E-state index in [9.17, 15) is 0 Å². The standard InChI is InChI=1S/C13H14Cl2N4/c14-10-5-9(6-11(15)13(10)16)7-18-3-4-19-2-1-17-12(19)8-18/h1-2,5-6H,3-4,7-8,16H2. The van der Waals surface area contributed by atoms with Gasteiger partial charge in [0.15, 0.2) is 0 Å². The number of benzene rings is 1. The molecule has 6 heteroatoms. The van der Waals surface area contributed by atoms with Crippen LogP contribution in [0.5, 0.6) is 0 Å². The monoisotopic (exact) mass is 296 g/mol. The summed E-state index contributed by atoms with van der Waals surface area (Å²) in [6.07, 6.45) is 3.86. The SMILES string of the molecule is Nc1c(Cl)cc(CN2CCn3ccnc3C2)cc1Cl. The van der Waals surface area contributed by atoms with Crippen molar-refractivity contribution in [1.82, 2.24) is 14.5 Å². The van der Waals surface area contributed by atoms with Crippen LogP contribution in [0.25, 0.3) is 0 Å². The van der Waals surface area contributed by atoms with Gasteiger partial charge in [-0.05, 0) is 17.7 Å². The summed E-state index contributed by atoms with van der Waals surface area (Å²) >= 11 is 12.1. The Morgan fingerprint density at radius 3 is 2.68 bits per heavy atom. The van der Waals surface area contributed by atoms with Crippen LogP contribution in [0.4, 0.5) is 5.69 Å². The van der Waals surface area contributed by atoms with Crippen LogP contribution in [0.15, 0.2) is 24.5 Å². The van der Waals surface area contributed by atoms with Crippen LogP contribution < -0.4 is 5.73 Å². The quantitative estimate of drug-likeness (QED) is 0.867. The third-order valence-electron chi connectivity index (χ3n) is 3.37. The molecule has 0 atom stereocenters. The first-order valence-electron chi connectivity index (χ1n) is 6.09. The molecule has 1 aromatic carbocycles. The number of aromatic nitrogens is 2. The average Bonchev–Trinajstić information content (AvgIpc) is 2.83. The van der Waals surface area contributed by atoms with E-state index in [4.69, 9.17) is 28.9 Å². The predicted molar refractivity (Wildman–Crippen MR) is 77.2 cm³/mol. The van der Waals surface area contributed by atoms with Crippen LogP contribution in [-0.4, -0.2) is 21.0 Å². The molecule has 0 unspecified atom stereocenters. The van der Waals surface area contributed by atoms with E-state index >= 15 is 0 Å². The van der Waals surface area contributed by atoms with Crippen molar-refractivity contribution in [2.45, 2.75) is 19.6 Å². The molecule has 1 aliphatic rings. The minimum absolute atomic E-state index is 0.446. The van der Waals surface area contributed by atoms with E-state index in [0.29, 0.717) is 15.7 Å². The van der Waals surface area contributed by atoms with Gasteiger partial charge in [-0.1, -0.05) is 23.2 Å². The summed E-state index contributed by atoms with van der Waals surface area (Å²) in [5.74, 6) is 1.10. The largest absolute Gasteiger partial charge is 0.396 e. The number of hydrogen-bond acceptors (Lipinski definition) is 3. The summed E-state index contributed by atoms with van der Waals surface area (Å²) in [5.41, 5.74) is 7.26. The summed E-state index contributed by atoms with van der Waals surface area (Å²) in [6.45, 7) is 3.59. The van der Waals surface area contributed by atoms with Gasteiger partial charge in [-0.15, -0.1) is 0 Å². The molecule has 2 N–H and O–H groups in total. The second-order valence-electron chi connectivity index (χ2n) is 4.72. The fourth-order valence-electron chi connectivity index (χ4n) is 2.34. The number of hydrogen-bond donors (Lipinski definition) is 1. The molecule has 0 aliphatic carbocycles. The smallest absolute Gasteiger partial charge is 0.122 e. The van der Waals surface area contributed by atoms with Gasteiger partial charge in [0.05, 0.1) is 22.3 Å². The van der Waals surface area contributed by atoms with Gasteiger partial charge in [0.1, 0.15) is 5.82 Å². The lowest BCUT2D eigenvalue weighted by Crippen LogP contribution is -2.33. The van der Waals surface area contributed by atoms with Gasteiger partial charge in [-0.3, -0.25) is 4.90 Å². The Morgan fingerprint density at radius 2 is 1.95 bits per heavy atom. The Balaban J connectivity index is 1.76. The molecule has 100 valence electrons. The molecule has 1 aliphatic heterocycles. The first kappa shape index (κ1) is 12.8. The first-order chi connectivity index (χ1) is 9.13. The molecule has 1 aromatic heterocycles. The van der Waals surface area contributed by atoms with E-state index in [1.165, 1.54) is 0 Å². The maximum Gasteiger partial charge on any atom is 0.122 e. The Kier molecular flexibility index (Phi) is 3.39. The minimum atomic E-state index is 0.446. The molecular formula is C13H14Cl2N4. The Hall–Kier alpha value is -1.23. The topological polar surface area (TPSA) is 47.1 Å². The van der Waals surface area contributed by atoms with Crippen molar-refractivity contribution in [3.05, 3.63) is 46.0 Å². The molecule has 0 fully saturated rings.